The van der Waals surface area contributed by atoms with Crippen LogP contribution < -0.4 is 0 Å². The Morgan fingerprint density at radius 3 is 2.76 bits per heavy atom. The number of allylic oxidation sites excluding steroid dienone is 1. The molecular formula is C24H40O4S. The molecule has 0 aromatic carbocycles. The van der Waals surface area contributed by atoms with Gasteiger partial charge in [-0.1, -0.05) is 44.8 Å². The van der Waals surface area contributed by atoms with E-state index in [4.69, 9.17) is 4.74 Å². The van der Waals surface area contributed by atoms with Crippen LogP contribution in [0.2, 0.25) is 0 Å². The van der Waals surface area contributed by atoms with Crippen LogP contribution in [0.5, 0.6) is 0 Å². The highest BCUT2D eigenvalue weighted by molar-refractivity contribution is 7.99. The van der Waals surface area contributed by atoms with Gasteiger partial charge in [-0.25, -0.2) is 0 Å². The first-order chi connectivity index (χ1) is 14.0. The van der Waals surface area contributed by atoms with Gasteiger partial charge in [0.15, 0.2) is 0 Å². The molecule has 1 unspecified atom stereocenters. The Kier molecular flexibility index (Phi) is 10.8. The zero-order valence-corrected chi connectivity index (χ0v) is 19.2. The van der Waals surface area contributed by atoms with E-state index in [0.717, 1.165) is 50.7 Å². The third kappa shape index (κ3) is 7.43. The third-order valence-corrected chi connectivity index (χ3v) is 7.80. The van der Waals surface area contributed by atoms with Crippen molar-refractivity contribution in [2.45, 2.75) is 90.6 Å². The first-order valence-electron chi connectivity index (χ1n) is 11.6. The van der Waals surface area contributed by atoms with E-state index in [1.165, 1.54) is 19.3 Å². The van der Waals surface area contributed by atoms with Crippen molar-refractivity contribution < 1.29 is 19.4 Å². The summed E-state index contributed by atoms with van der Waals surface area (Å²) < 4.78 is 4.93. The van der Waals surface area contributed by atoms with Gasteiger partial charge in [-0.05, 0) is 62.5 Å². The number of aliphatic hydroxyl groups is 1. The van der Waals surface area contributed by atoms with Gasteiger partial charge in [0.1, 0.15) is 5.78 Å². The quantitative estimate of drug-likeness (QED) is 0.232. The standard InChI is InChI=1S/C24H40O4S/c1-3-5-14-24(15-8-16-24)22(26)13-11-19-10-12-21(25)20(19)9-6-7-17-29-18-23(27)28-4-2/h11,13,19-20,22,26H,3-10,12,14-18H2,1-2H3/b13-11+/t19?,20-,22+/m1/s1. The average Bonchev–Trinajstić information content (AvgIpc) is 3.02. The Morgan fingerprint density at radius 2 is 2.10 bits per heavy atom. The minimum Gasteiger partial charge on any atom is -0.465 e. The number of carbonyl (C=O) groups excluding carboxylic acids is 2. The van der Waals surface area contributed by atoms with Crippen LogP contribution in [-0.4, -0.2) is 41.1 Å². The summed E-state index contributed by atoms with van der Waals surface area (Å²) in [4.78, 5) is 23.7. The lowest BCUT2D eigenvalue weighted by Gasteiger charge is -2.45. The molecule has 4 nitrogen and oxygen atoms in total. The summed E-state index contributed by atoms with van der Waals surface area (Å²) in [6.45, 7) is 4.47. The molecule has 0 saturated heterocycles. The van der Waals surface area contributed by atoms with Gasteiger partial charge in [-0.3, -0.25) is 9.59 Å². The maximum absolute atomic E-state index is 12.4. The van der Waals surface area contributed by atoms with Crippen molar-refractivity contribution in [2.75, 3.05) is 18.1 Å². The van der Waals surface area contributed by atoms with Gasteiger partial charge in [0.25, 0.3) is 0 Å². The molecule has 2 fully saturated rings. The van der Waals surface area contributed by atoms with Gasteiger partial charge >= 0.3 is 5.97 Å². The predicted octanol–water partition coefficient (Wildman–Crippen LogP) is 5.33. The van der Waals surface area contributed by atoms with Crippen molar-refractivity contribution in [1.29, 1.82) is 0 Å². The molecule has 1 N–H and O–H groups in total. The van der Waals surface area contributed by atoms with Crippen LogP contribution in [0, 0.1) is 17.3 Å². The Hall–Kier alpha value is -0.810. The highest BCUT2D eigenvalue weighted by Crippen LogP contribution is 2.48. The van der Waals surface area contributed by atoms with Crippen LogP contribution in [-0.2, 0) is 14.3 Å². The van der Waals surface area contributed by atoms with E-state index < -0.39 is 0 Å². The zero-order valence-electron chi connectivity index (χ0n) is 18.4. The van der Waals surface area contributed by atoms with Crippen molar-refractivity contribution >= 4 is 23.5 Å². The van der Waals surface area contributed by atoms with E-state index in [9.17, 15) is 14.7 Å². The van der Waals surface area contributed by atoms with Crippen molar-refractivity contribution in [1.82, 2.24) is 0 Å². The zero-order chi connectivity index (χ0) is 21.1. The second-order valence-corrected chi connectivity index (χ2v) is 9.88. The van der Waals surface area contributed by atoms with Crippen molar-refractivity contribution in [3.8, 4) is 0 Å². The van der Waals surface area contributed by atoms with E-state index in [-0.39, 0.29) is 29.3 Å². The molecule has 2 saturated carbocycles. The molecule has 0 spiro atoms. The summed E-state index contributed by atoms with van der Waals surface area (Å²) in [6.07, 6.45) is 15.3. The lowest BCUT2D eigenvalue weighted by Crippen LogP contribution is -2.40. The summed E-state index contributed by atoms with van der Waals surface area (Å²) in [5, 5.41) is 10.8. The third-order valence-electron chi connectivity index (χ3n) is 6.78. The molecular weight excluding hydrogens is 384 g/mol. The van der Waals surface area contributed by atoms with Crippen LogP contribution in [0.25, 0.3) is 0 Å². The molecule has 5 heteroatoms. The molecule has 0 radical (unpaired) electrons. The highest BCUT2D eigenvalue weighted by Gasteiger charge is 2.42. The Labute approximate surface area is 181 Å². The number of Topliss-reactive ketones (excluding diaryl/α,β-unsaturated/α-hetero) is 1. The second kappa shape index (κ2) is 12.8. The number of ketones is 1. The second-order valence-electron chi connectivity index (χ2n) is 8.78. The smallest absolute Gasteiger partial charge is 0.315 e. The molecule has 166 valence electrons. The predicted molar refractivity (Wildman–Crippen MR) is 120 cm³/mol. The van der Waals surface area contributed by atoms with Gasteiger partial charge in [0.05, 0.1) is 18.5 Å². The minimum atomic E-state index is -0.363. The minimum absolute atomic E-state index is 0.0980. The first kappa shape index (κ1) is 24.5. The molecule has 0 aliphatic heterocycles. The van der Waals surface area contributed by atoms with E-state index in [1.54, 1.807) is 11.8 Å². The summed E-state index contributed by atoms with van der Waals surface area (Å²) in [5.41, 5.74) is 0.0980. The number of unbranched alkanes of at least 4 members (excludes halogenated alkanes) is 2. The normalized spacial score (nSPS) is 24.6. The van der Waals surface area contributed by atoms with Crippen LogP contribution >= 0.6 is 11.8 Å². The SMILES string of the molecule is CCCCC1([C@@H](O)/C=C/C2CCC(=O)[C@@H]2CCCCSCC(=O)OCC)CCC1. The molecule has 0 bridgehead atoms. The molecule has 0 aromatic heterocycles. The van der Waals surface area contributed by atoms with Crippen molar-refractivity contribution in [3.05, 3.63) is 12.2 Å². The number of rotatable bonds is 14. The molecule has 2 aliphatic rings. The fourth-order valence-electron chi connectivity index (χ4n) is 4.77. The monoisotopic (exact) mass is 424 g/mol. The van der Waals surface area contributed by atoms with E-state index in [1.807, 2.05) is 13.0 Å². The Morgan fingerprint density at radius 1 is 1.31 bits per heavy atom. The van der Waals surface area contributed by atoms with Gasteiger partial charge in [0, 0.05) is 12.3 Å². The molecule has 0 amide bonds. The number of hydrogen-bond donors (Lipinski definition) is 1. The number of esters is 1. The molecule has 2 rings (SSSR count). The number of thioether (sulfide) groups is 1. The van der Waals surface area contributed by atoms with Crippen molar-refractivity contribution in [2.24, 2.45) is 17.3 Å². The number of aliphatic hydroxyl groups excluding tert-OH is 1. The summed E-state index contributed by atoms with van der Waals surface area (Å²) in [7, 11) is 0. The van der Waals surface area contributed by atoms with Crippen LogP contribution in [0.15, 0.2) is 12.2 Å². The maximum Gasteiger partial charge on any atom is 0.315 e. The fourth-order valence-corrected chi connectivity index (χ4v) is 5.57. The molecule has 3 atom stereocenters. The van der Waals surface area contributed by atoms with Crippen molar-refractivity contribution in [3.63, 3.8) is 0 Å². The topological polar surface area (TPSA) is 63.6 Å². The number of ether oxygens (including phenoxy) is 1. The molecule has 29 heavy (non-hydrogen) atoms. The lowest BCUT2D eigenvalue weighted by molar-refractivity contribution is -0.139. The van der Waals surface area contributed by atoms with Gasteiger partial charge in [-0.15, -0.1) is 0 Å². The molecule has 0 heterocycles. The van der Waals surface area contributed by atoms with E-state index >= 15 is 0 Å². The fraction of sp³-hybridized carbons (Fsp3) is 0.833. The van der Waals surface area contributed by atoms with Crippen LogP contribution in [0.1, 0.15) is 84.5 Å². The molecule has 2 aliphatic carbocycles. The molecule has 0 aromatic rings. The maximum atomic E-state index is 12.4. The van der Waals surface area contributed by atoms with E-state index in [2.05, 4.69) is 13.0 Å². The Bertz CT molecular complexity index is 541. The largest absolute Gasteiger partial charge is 0.465 e. The van der Waals surface area contributed by atoms with Gasteiger partial charge in [0.2, 0.25) is 0 Å². The lowest BCUT2D eigenvalue weighted by atomic mass is 9.62. The van der Waals surface area contributed by atoms with Crippen LogP contribution in [0.3, 0.4) is 0 Å². The highest BCUT2D eigenvalue weighted by atomic mass is 32.2. The summed E-state index contributed by atoms with van der Waals surface area (Å²) in [5.74, 6) is 1.99. The van der Waals surface area contributed by atoms with E-state index in [0.29, 0.717) is 24.6 Å². The summed E-state index contributed by atoms with van der Waals surface area (Å²) >= 11 is 1.61. The van der Waals surface area contributed by atoms with Gasteiger partial charge in [-0.2, -0.15) is 11.8 Å². The van der Waals surface area contributed by atoms with Gasteiger partial charge < -0.3 is 9.84 Å². The summed E-state index contributed by atoms with van der Waals surface area (Å²) in [6, 6.07) is 0. The van der Waals surface area contributed by atoms with Crippen LogP contribution in [0.4, 0.5) is 0 Å². The Balaban J connectivity index is 1.73. The first-order valence-corrected chi connectivity index (χ1v) is 12.8. The number of hydrogen-bond acceptors (Lipinski definition) is 5. The number of carbonyl (C=O) groups is 2. The average molecular weight is 425 g/mol.